The molecule has 1 aliphatic rings. The molecule has 4 nitrogen and oxygen atoms in total. The van der Waals surface area contributed by atoms with Gasteiger partial charge in [-0.3, -0.25) is 9.59 Å². The minimum atomic E-state index is -4.86. The number of aliphatic carboxylic acids is 1. The van der Waals surface area contributed by atoms with Gasteiger partial charge < -0.3 is 10.0 Å². The van der Waals surface area contributed by atoms with Crippen LogP contribution in [0.4, 0.5) is 13.2 Å². The molecule has 1 unspecified atom stereocenters. The zero-order chi connectivity index (χ0) is 15.1. The van der Waals surface area contributed by atoms with E-state index >= 15 is 0 Å². The van der Waals surface area contributed by atoms with Gasteiger partial charge in [-0.05, 0) is 12.8 Å². The van der Waals surface area contributed by atoms with E-state index in [1.54, 1.807) is 20.8 Å². The summed E-state index contributed by atoms with van der Waals surface area (Å²) in [4.78, 5) is 24.1. The van der Waals surface area contributed by atoms with E-state index in [-0.39, 0.29) is 6.54 Å². The number of rotatable bonds is 3. The normalized spacial score (nSPS) is 24.6. The zero-order valence-corrected chi connectivity index (χ0v) is 11.2. The number of amides is 1. The van der Waals surface area contributed by atoms with Crippen LogP contribution in [-0.4, -0.2) is 41.1 Å². The lowest BCUT2D eigenvalue weighted by Crippen LogP contribution is -2.49. The first kappa shape index (κ1) is 15.8. The summed E-state index contributed by atoms with van der Waals surface area (Å²) >= 11 is 0. The van der Waals surface area contributed by atoms with Crippen LogP contribution in [0.5, 0.6) is 0 Å². The number of nitrogens with zero attached hydrogens (tertiary/aromatic N) is 1. The lowest BCUT2D eigenvalue weighted by Gasteiger charge is -2.31. The summed E-state index contributed by atoms with van der Waals surface area (Å²) in [5.74, 6) is -2.34. The molecule has 7 heteroatoms. The highest BCUT2D eigenvalue weighted by Gasteiger charge is 2.64. The molecule has 19 heavy (non-hydrogen) atoms. The number of hydrogen-bond acceptors (Lipinski definition) is 2. The monoisotopic (exact) mass is 281 g/mol. The maximum absolute atomic E-state index is 13.0. The third-order valence-corrected chi connectivity index (χ3v) is 3.97. The molecule has 0 bridgehead atoms. The summed E-state index contributed by atoms with van der Waals surface area (Å²) < 4.78 is 38.9. The Balaban J connectivity index is 2.99. The van der Waals surface area contributed by atoms with Crippen LogP contribution >= 0.6 is 0 Å². The molecular formula is C12H18F3NO3. The summed E-state index contributed by atoms with van der Waals surface area (Å²) in [5, 5.41) is 8.90. The summed E-state index contributed by atoms with van der Waals surface area (Å²) in [6, 6.07) is 0. The molecule has 0 aromatic heterocycles. The Labute approximate surface area is 109 Å². The number of carbonyl (C=O) groups excluding carboxylic acids is 1. The molecule has 1 aliphatic heterocycles. The maximum atomic E-state index is 13.0. The predicted molar refractivity (Wildman–Crippen MR) is 61.4 cm³/mol. The Morgan fingerprint density at radius 3 is 2.16 bits per heavy atom. The molecule has 1 N–H and O–H groups in total. The van der Waals surface area contributed by atoms with Gasteiger partial charge >= 0.3 is 12.1 Å². The van der Waals surface area contributed by atoms with Crippen molar-refractivity contribution in [2.75, 3.05) is 13.1 Å². The van der Waals surface area contributed by atoms with Gasteiger partial charge in [-0.25, -0.2) is 0 Å². The fourth-order valence-electron chi connectivity index (χ4n) is 2.09. The molecule has 1 saturated heterocycles. The first-order chi connectivity index (χ1) is 8.48. The van der Waals surface area contributed by atoms with E-state index in [1.165, 1.54) is 0 Å². The van der Waals surface area contributed by atoms with Crippen molar-refractivity contribution in [3.63, 3.8) is 0 Å². The first-order valence-corrected chi connectivity index (χ1v) is 6.07. The highest BCUT2D eigenvalue weighted by molar-refractivity contribution is 5.84. The minimum Gasteiger partial charge on any atom is -0.481 e. The second kappa shape index (κ2) is 4.68. The van der Waals surface area contributed by atoms with Crippen LogP contribution in [0.25, 0.3) is 0 Å². The summed E-state index contributed by atoms with van der Waals surface area (Å²) in [5.41, 5.74) is -3.60. The molecular weight excluding hydrogens is 263 g/mol. The molecule has 0 saturated carbocycles. The predicted octanol–water partition coefficient (Wildman–Crippen LogP) is 2.29. The van der Waals surface area contributed by atoms with Gasteiger partial charge in [-0.1, -0.05) is 20.8 Å². The van der Waals surface area contributed by atoms with Gasteiger partial charge in [0.15, 0.2) is 5.41 Å². The quantitative estimate of drug-likeness (QED) is 0.863. The van der Waals surface area contributed by atoms with Crippen LogP contribution < -0.4 is 0 Å². The van der Waals surface area contributed by atoms with Crippen LogP contribution in [0.3, 0.4) is 0 Å². The number of carboxylic acids is 1. The summed E-state index contributed by atoms with van der Waals surface area (Å²) in [7, 11) is 0. The minimum absolute atomic E-state index is 0.173. The van der Waals surface area contributed by atoms with Crippen LogP contribution in [0.15, 0.2) is 0 Å². The van der Waals surface area contributed by atoms with Crippen molar-refractivity contribution >= 4 is 11.9 Å². The molecule has 110 valence electrons. The summed E-state index contributed by atoms with van der Waals surface area (Å²) in [6.45, 7) is 4.08. The van der Waals surface area contributed by atoms with Crippen molar-refractivity contribution in [2.45, 2.75) is 39.8 Å². The first-order valence-electron chi connectivity index (χ1n) is 6.07. The van der Waals surface area contributed by atoms with Crippen molar-refractivity contribution in [3.05, 3.63) is 0 Å². The molecule has 0 aromatic rings. The Morgan fingerprint density at radius 1 is 1.32 bits per heavy atom. The average Bonchev–Trinajstić information content (AvgIpc) is 2.73. The van der Waals surface area contributed by atoms with E-state index in [0.29, 0.717) is 6.42 Å². The maximum Gasteiger partial charge on any atom is 0.406 e. The van der Waals surface area contributed by atoms with Crippen molar-refractivity contribution in [1.29, 1.82) is 0 Å². The molecule has 1 fully saturated rings. The molecule has 0 aromatic carbocycles. The third kappa shape index (κ3) is 2.55. The number of alkyl halides is 3. The number of likely N-dealkylation sites (tertiary alicyclic amines) is 1. The molecule has 1 atom stereocenters. The van der Waals surface area contributed by atoms with Gasteiger partial charge in [0.25, 0.3) is 0 Å². The van der Waals surface area contributed by atoms with Gasteiger partial charge in [0, 0.05) is 18.5 Å². The van der Waals surface area contributed by atoms with Gasteiger partial charge in [-0.2, -0.15) is 13.2 Å². The Bertz CT molecular complexity index is 392. The highest BCUT2D eigenvalue weighted by atomic mass is 19.4. The SMILES string of the molecule is CCC(C)(C)C(=O)N1CCC(C(=O)O)(C(F)(F)F)C1. The van der Waals surface area contributed by atoms with Gasteiger partial charge in [-0.15, -0.1) is 0 Å². The fraction of sp³-hybridized carbons (Fsp3) is 0.833. The van der Waals surface area contributed by atoms with E-state index in [4.69, 9.17) is 5.11 Å². The van der Waals surface area contributed by atoms with Crippen LogP contribution in [0.2, 0.25) is 0 Å². The Hall–Kier alpha value is -1.27. The number of hydrogen-bond donors (Lipinski definition) is 1. The number of carboxylic acid groups (broad SMARTS) is 1. The lowest BCUT2D eigenvalue weighted by atomic mass is 9.86. The summed E-state index contributed by atoms with van der Waals surface area (Å²) in [6.07, 6.45) is -4.96. The van der Waals surface area contributed by atoms with E-state index in [0.717, 1.165) is 4.90 Å². The second-order valence-electron chi connectivity index (χ2n) is 5.60. The van der Waals surface area contributed by atoms with Crippen molar-refractivity contribution in [3.8, 4) is 0 Å². The molecule has 1 heterocycles. The van der Waals surface area contributed by atoms with E-state index in [2.05, 4.69) is 0 Å². The number of halogens is 3. The van der Waals surface area contributed by atoms with Crippen molar-refractivity contribution in [2.24, 2.45) is 10.8 Å². The molecule has 0 spiro atoms. The fourth-order valence-corrected chi connectivity index (χ4v) is 2.09. The Morgan fingerprint density at radius 2 is 1.84 bits per heavy atom. The topological polar surface area (TPSA) is 57.6 Å². The van der Waals surface area contributed by atoms with Crippen LogP contribution in [-0.2, 0) is 9.59 Å². The van der Waals surface area contributed by atoms with Gasteiger partial charge in [0.05, 0.1) is 0 Å². The van der Waals surface area contributed by atoms with Crippen molar-refractivity contribution < 1.29 is 27.9 Å². The standard InChI is InChI=1S/C12H18F3NO3/c1-4-10(2,3)8(17)16-6-5-11(7-16,9(18)19)12(13,14)15/h4-7H2,1-3H3,(H,18,19). The largest absolute Gasteiger partial charge is 0.481 e. The zero-order valence-electron chi connectivity index (χ0n) is 11.2. The number of carbonyl (C=O) groups is 2. The third-order valence-electron chi connectivity index (χ3n) is 3.97. The average molecular weight is 281 g/mol. The lowest BCUT2D eigenvalue weighted by molar-refractivity contribution is -0.227. The van der Waals surface area contributed by atoms with E-state index in [1.807, 2.05) is 0 Å². The smallest absolute Gasteiger partial charge is 0.406 e. The Kier molecular flexibility index (Phi) is 3.89. The van der Waals surface area contributed by atoms with Crippen molar-refractivity contribution in [1.82, 2.24) is 4.90 Å². The van der Waals surface area contributed by atoms with E-state index in [9.17, 15) is 22.8 Å². The second-order valence-corrected chi connectivity index (χ2v) is 5.60. The van der Waals surface area contributed by atoms with Gasteiger partial charge in [0.2, 0.25) is 5.91 Å². The molecule has 1 amide bonds. The van der Waals surface area contributed by atoms with Crippen LogP contribution in [0.1, 0.15) is 33.6 Å². The van der Waals surface area contributed by atoms with Crippen LogP contribution in [0, 0.1) is 10.8 Å². The molecule has 1 rings (SSSR count). The molecule has 0 radical (unpaired) electrons. The van der Waals surface area contributed by atoms with E-state index < -0.39 is 41.8 Å². The van der Waals surface area contributed by atoms with Gasteiger partial charge in [0.1, 0.15) is 0 Å². The highest BCUT2D eigenvalue weighted by Crippen LogP contribution is 2.46. The molecule has 0 aliphatic carbocycles.